The third-order valence-electron chi connectivity index (χ3n) is 4.83. The molecule has 0 aliphatic carbocycles. The van der Waals surface area contributed by atoms with E-state index in [0.29, 0.717) is 0 Å². The first-order valence-electron chi connectivity index (χ1n) is 9.20. The van der Waals surface area contributed by atoms with Gasteiger partial charge in [0.2, 0.25) is 5.72 Å². The van der Waals surface area contributed by atoms with Crippen molar-refractivity contribution < 1.29 is 45.4 Å². The number of carbonyl (C=O) groups excluding carboxylic acids is 1. The Bertz CT molecular complexity index is 1110. The molecule has 0 fully saturated rings. The SMILES string of the molecule is O=C(COc1ccc(Cl)cc1Cl)N1N=C(c2ccccc2)C[C@]1(O)C(F)(F)C(F)(F)C(F)(F)F. The molecule has 34 heavy (non-hydrogen) atoms. The minimum absolute atomic E-state index is 0.00372. The summed E-state index contributed by atoms with van der Waals surface area (Å²) in [5.74, 6) is -14.7. The van der Waals surface area contributed by atoms with E-state index in [4.69, 9.17) is 27.9 Å². The molecule has 0 bridgehead atoms. The summed E-state index contributed by atoms with van der Waals surface area (Å²) in [6.07, 6.45) is -8.27. The number of aliphatic hydroxyl groups is 1. The molecule has 184 valence electrons. The summed E-state index contributed by atoms with van der Waals surface area (Å²) in [5.41, 5.74) is -4.90. The number of amides is 1. The molecule has 5 nitrogen and oxygen atoms in total. The molecular weight excluding hydrogens is 520 g/mol. The molecule has 1 aliphatic heterocycles. The predicted molar refractivity (Wildman–Crippen MR) is 107 cm³/mol. The van der Waals surface area contributed by atoms with E-state index in [0.717, 1.165) is 0 Å². The highest BCUT2D eigenvalue weighted by Gasteiger charge is 2.82. The first-order valence-corrected chi connectivity index (χ1v) is 9.96. The van der Waals surface area contributed by atoms with Crippen molar-refractivity contribution >= 4 is 34.8 Å². The molecule has 3 rings (SSSR count). The van der Waals surface area contributed by atoms with Crippen LogP contribution in [-0.4, -0.2) is 52.1 Å². The fraction of sp³-hybridized carbons (Fsp3) is 0.300. The van der Waals surface area contributed by atoms with Crippen LogP contribution in [0.15, 0.2) is 53.6 Å². The predicted octanol–water partition coefficient (Wildman–Crippen LogP) is 5.53. The number of benzene rings is 2. The normalized spacial score (nSPS) is 19.2. The molecule has 1 aliphatic rings. The minimum Gasteiger partial charge on any atom is -0.482 e. The second-order valence-electron chi connectivity index (χ2n) is 7.12. The number of hydrogen-bond donors (Lipinski definition) is 1. The monoisotopic (exact) mass is 532 g/mol. The van der Waals surface area contributed by atoms with Gasteiger partial charge in [0.1, 0.15) is 5.75 Å². The van der Waals surface area contributed by atoms with Crippen molar-refractivity contribution in [2.75, 3.05) is 6.61 Å². The second kappa shape index (κ2) is 8.90. The summed E-state index contributed by atoms with van der Waals surface area (Å²) in [5, 5.41) is 13.5. The number of hydrogen-bond acceptors (Lipinski definition) is 4. The van der Waals surface area contributed by atoms with E-state index in [9.17, 15) is 40.6 Å². The molecule has 0 saturated carbocycles. The van der Waals surface area contributed by atoms with Gasteiger partial charge < -0.3 is 9.84 Å². The molecule has 14 heteroatoms. The Labute approximate surface area is 197 Å². The Hall–Kier alpha value is -2.57. The van der Waals surface area contributed by atoms with Gasteiger partial charge in [-0.05, 0) is 23.8 Å². The van der Waals surface area contributed by atoms with Gasteiger partial charge in [-0.3, -0.25) is 4.79 Å². The van der Waals surface area contributed by atoms with Crippen molar-refractivity contribution in [1.82, 2.24) is 5.01 Å². The maximum Gasteiger partial charge on any atom is 0.460 e. The summed E-state index contributed by atoms with van der Waals surface area (Å²) in [6, 6.07) is 10.5. The van der Waals surface area contributed by atoms with E-state index in [2.05, 4.69) is 5.10 Å². The number of ether oxygens (including phenoxy) is 1. The van der Waals surface area contributed by atoms with Crippen molar-refractivity contribution in [3.8, 4) is 5.75 Å². The Kier molecular flexibility index (Phi) is 6.81. The molecule has 1 N–H and O–H groups in total. The zero-order valence-corrected chi connectivity index (χ0v) is 18.1. The van der Waals surface area contributed by atoms with E-state index in [-0.39, 0.29) is 21.4 Å². The lowest BCUT2D eigenvalue weighted by atomic mass is 9.91. The maximum absolute atomic E-state index is 14.7. The Morgan fingerprint density at radius 1 is 1.06 bits per heavy atom. The van der Waals surface area contributed by atoms with E-state index >= 15 is 0 Å². The van der Waals surface area contributed by atoms with Gasteiger partial charge in [0.05, 0.1) is 10.7 Å². The van der Waals surface area contributed by atoms with Crippen LogP contribution in [0.4, 0.5) is 30.7 Å². The van der Waals surface area contributed by atoms with E-state index < -0.39 is 53.4 Å². The third-order valence-corrected chi connectivity index (χ3v) is 5.36. The Balaban J connectivity index is 1.99. The molecule has 1 amide bonds. The molecule has 0 spiro atoms. The van der Waals surface area contributed by atoms with Gasteiger partial charge in [-0.1, -0.05) is 53.5 Å². The maximum atomic E-state index is 14.7. The number of nitrogens with zero attached hydrogens (tertiary/aromatic N) is 2. The van der Waals surface area contributed by atoms with Crippen LogP contribution < -0.4 is 4.74 Å². The van der Waals surface area contributed by atoms with Crippen LogP contribution in [0.25, 0.3) is 0 Å². The smallest absolute Gasteiger partial charge is 0.460 e. The fourth-order valence-corrected chi connectivity index (χ4v) is 3.53. The van der Waals surface area contributed by atoms with E-state index in [1.807, 2.05) is 0 Å². The highest BCUT2D eigenvalue weighted by Crippen LogP contribution is 2.54. The van der Waals surface area contributed by atoms with Crippen LogP contribution in [0, 0.1) is 0 Å². The minimum atomic E-state index is -6.75. The summed E-state index contributed by atoms with van der Waals surface area (Å²) in [4.78, 5) is 12.6. The highest BCUT2D eigenvalue weighted by molar-refractivity contribution is 6.35. The van der Waals surface area contributed by atoms with Crippen molar-refractivity contribution in [2.45, 2.75) is 30.2 Å². The fourth-order valence-electron chi connectivity index (χ4n) is 3.07. The number of rotatable bonds is 6. The molecule has 0 aromatic heterocycles. The lowest BCUT2D eigenvalue weighted by Crippen LogP contribution is -2.69. The number of hydrazone groups is 1. The first kappa shape index (κ1) is 26.0. The van der Waals surface area contributed by atoms with E-state index in [1.54, 1.807) is 0 Å². The van der Waals surface area contributed by atoms with Crippen LogP contribution in [0.5, 0.6) is 5.75 Å². The number of halogens is 9. The van der Waals surface area contributed by atoms with Crippen molar-refractivity contribution in [1.29, 1.82) is 0 Å². The third kappa shape index (κ3) is 4.41. The zero-order chi connectivity index (χ0) is 25.5. The van der Waals surface area contributed by atoms with Crippen molar-refractivity contribution in [2.24, 2.45) is 5.10 Å². The van der Waals surface area contributed by atoms with Gasteiger partial charge in [0, 0.05) is 11.4 Å². The van der Waals surface area contributed by atoms with Crippen LogP contribution >= 0.6 is 23.2 Å². The van der Waals surface area contributed by atoms with Crippen molar-refractivity contribution in [3.63, 3.8) is 0 Å². The molecule has 1 atom stereocenters. The number of carbonyl (C=O) groups is 1. The molecule has 1 heterocycles. The van der Waals surface area contributed by atoms with E-state index in [1.165, 1.54) is 48.5 Å². The standard InChI is InChI=1S/C20H13Cl2F7N2O3/c21-12-6-7-15(13(22)8-12)34-10-16(32)31-17(33,18(23,24)19(25,26)20(27,28)29)9-14(30-31)11-4-2-1-3-5-11/h1-8,33H,9-10H2/t17-/m0/s1. The van der Waals surface area contributed by atoms with Crippen molar-refractivity contribution in [3.05, 3.63) is 64.1 Å². The lowest BCUT2D eigenvalue weighted by Gasteiger charge is -2.41. The van der Waals surface area contributed by atoms with Crippen LogP contribution in [0.3, 0.4) is 0 Å². The second-order valence-corrected chi connectivity index (χ2v) is 7.97. The van der Waals surface area contributed by atoms with Gasteiger partial charge in [-0.2, -0.15) is 40.8 Å². The first-order chi connectivity index (χ1) is 15.6. The quantitative estimate of drug-likeness (QED) is 0.497. The van der Waals surface area contributed by atoms with Gasteiger partial charge in [0.25, 0.3) is 5.91 Å². The van der Waals surface area contributed by atoms with Gasteiger partial charge in [-0.25, -0.2) is 0 Å². The van der Waals surface area contributed by atoms with Crippen LogP contribution in [0.1, 0.15) is 12.0 Å². The zero-order valence-electron chi connectivity index (χ0n) is 16.6. The highest BCUT2D eigenvalue weighted by atomic mass is 35.5. The summed E-state index contributed by atoms with van der Waals surface area (Å²) in [6.45, 7) is -1.19. The number of alkyl halides is 7. The summed E-state index contributed by atoms with van der Waals surface area (Å²) >= 11 is 11.6. The Morgan fingerprint density at radius 3 is 2.24 bits per heavy atom. The Morgan fingerprint density at radius 2 is 1.68 bits per heavy atom. The van der Waals surface area contributed by atoms with Gasteiger partial charge in [-0.15, -0.1) is 0 Å². The lowest BCUT2D eigenvalue weighted by molar-refractivity contribution is -0.401. The molecular formula is C20H13Cl2F7N2O3. The van der Waals surface area contributed by atoms with Gasteiger partial charge >= 0.3 is 18.0 Å². The topological polar surface area (TPSA) is 62.1 Å². The average molecular weight is 533 g/mol. The van der Waals surface area contributed by atoms with Crippen LogP contribution in [0.2, 0.25) is 10.0 Å². The van der Waals surface area contributed by atoms with Gasteiger partial charge in [0.15, 0.2) is 6.61 Å². The summed E-state index contributed by atoms with van der Waals surface area (Å²) < 4.78 is 101. The summed E-state index contributed by atoms with van der Waals surface area (Å²) in [7, 11) is 0. The molecule has 2 aromatic carbocycles. The molecule has 2 aromatic rings. The molecule has 0 saturated heterocycles. The van der Waals surface area contributed by atoms with Crippen LogP contribution in [-0.2, 0) is 4.79 Å². The average Bonchev–Trinajstić information content (AvgIpc) is 3.12. The molecule has 0 radical (unpaired) electrons. The molecule has 0 unspecified atom stereocenters. The largest absolute Gasteiger partial charge is 0.482 e.